The van der Waals surface area contributed by atoms with Crippen LogP contribution in [-0.2, 0) is 11.3 Å². The first-order valence-electron chi connectivity index (χ1n) is 7.25. The Morgan fingerprint density at radius 3 is 2.48 bits per heavy atom. The summed E-state index contributed by atoms with van der Waals surface area (Å²) in [5.74, 6) is -3.39. The molecule has 1 N–H and O–H groups in total. The van der Waals surface area contributed by atoms with Crippen LogP contribution in [-0.4, -0.2) is 36.6 Å². The topological polar surface area (TPSA) is 32.3 Å². The molecule has 0 radical (unpaired) electrons. The molecular weight excluding hydrogens is 319 g/mol. The van der Waals surface area contributed by atoms with Crippen molar-refractivity contribution in [2.24, 2.45) is 5.92 Å². The third-order valence-electron chi connectivity index (χ3n) is 3.75. The Hall–Kier alpha value is -1.70. The Bertz CT molecular complexity index is 541. The van der Waals surface area contributed by atoms with E-state index in [0.717, 1.165) is 18.2 Å². The van der Waals surface area contributed by atoms with E-state index in [4.69, 9.17) is 0 Å². The first-order valence-corrected chi connectivity index (χ1v) is 7.25. The molecule has 0 bridgehead atoms. The third-order valence-corrected chi connectivity index (χ3v) is 3.75. The minimum absolute atomic E-state index is 0.0736. The molecule has 0 unspecified atom stereocenters. The average molecular weight is 336 g/mol. The quantitative estimate of drug-likeness (QED) is 0.858. The van der Waals surface area contributed by atoms with Gasteiger partial charge in [0.25, 0.3) is 0 Å². The van der Waals surface area contributed by atoms with Crippen LogP contribution in [0.5, 0.6) is 0 Å². The summed E-state index contributed by atoms with van der Waals surface area (Å²) < 4.78 is 64.1. The maximum atomic E-state index is 13.0. The molecule has 0 aliphatic carbocycles. The van der Waals surface area contributed by atoms with E-state index in [-0.39, 0.29) is 31.6 Å². The molecule has 0 aromatic heterocycles. The number of hydrogen-bond donors (Lipinski definition) is 1. The molecule has 1 heterocycles. The zero-order valence-corrected chi connectivity index (χ0v) is 12.3. The van der Waals surface area contributed by atoms with Gasteiger partial charge in [0.2, 0.25) is 5.91 Å². The molecule has 1 aliphatic heterocycles. The Morgan fingerprint density at radius 1 is 1.22 bits per heavy atom. The zero-order valence-electron chi connectivity index (χ0n) is 12.3. The second-order valence-corrected chi connectivity index (χ2v) is 5.67. The summed E-state index contributed by atoms with van der Waals surface area (Å²) in [6, 6.07) is 2.89. The number of amides is 1. The molecule has 2 rings (SSSR count). The molecule has 0 spiro atoms. The molecule has 1 saturated heterocycles. The lowest BCUT2D eigenvalue weighted by atomic mass is 9.97. The summed E-state index contributed by atoms with van der Waals surface area (Å²) in [4.78, 5) is 13.2. The number of piperidine rings is 1. The number of benzene rings is 1. The average Bonchev–Trinajstić information content (AvgIpc) is 2.43. The number of halogens is 5. The van der Waals surface area contributed by atoms with Crippen LogP contribution in [0.1, 0.15) is 18.4 Å². The van der Waals surface area contributed by atoms with Gasteiger partial charge in [-0.15, -0.1) is 0 Å². The highest BCUT2D eigenvalue weighted by molar-refractivity contribution is 5.78. The fourth-order valence-electron chi connectivity index (χ4n) is 2.64. The lowest BCUT2D eigenvalue weighted by Gasteiger charge is -2.33. The van der Waals surface area contributed by atoms with E-state index in [2.05, 4.69) is 5.32 Å². The van der Waals surface area contributed by atoms with E-state index in [1.165, 1.54) is 4.90 Å². The van der Waals surface area contributed by atoms with Gasteiger partial charge in [-0.1, -0.05) is 0 Å². The van der Waals surface area contributed by atoms with Crippen molar-refractivity contribution in [3.8, 4) is 0 Å². The van der Waals surface area contributed by atoms with Crippen LogP contribution in [0.3, 0.4) is 0 Å². The molecule has 1 aromatic carbocycles. The van der Waals surface area contributed by atoms with E-state index < -0.39 is 29.6 Å². The minimum Gasteiger partial charge on any atom is -0.351 e. The number of hydrogen-bond acceptors (Lipinski definition) is 2. The van der Waals surface area contributed by atoms with E-state index in [1.807, 2.05) is 0 Å². The number of carbonyl (C=O) groups excluding carboxylic acids is 1. The van der Waals surface area contributed by atoms with Crippen molar-refractivity contribution in [3.05, 3.63) is 35.4 Å². The number of alkyl halides is 3. The van der Waals surface area contributed by atoms with Crippen molar-refractivity contribution < 1.29 is 26.7 Å². The summed E-state index contributed by atoms with van der Waals surface area (Å²) >= 11 is 0. The maximum absolute atomic E-state index is 13.0. The van der Waals surface area contributed by atoms with Gasteiger partial charge in [-0.25, -0.2) is 8.78 Å². The van der Waals surface area contributed by atoms with Gasteiger partial charge in [0.1, 0.15) is 11.6 Å². The summed E-state index contributed by atoms with van der Waals surface area (Å²) in [6.45, 7) is -0.0193. The van der Waals surface area contributed by atoms with E-state index >= 15 is 0 Å². The van der Waals surface area contributed by atoms with Crippen LogP contribution in [0, 0.1) is 17.6 Å². The van der Waals surface area contributed by atoms with Crippen LogP contribution >= 0.6 is 0 Å². The molecule has 1 atom stereocenters. The first-order chi connectivity index (χ1) is 10.7. The van der Waals surface area contributed by atoms with Crippen molar-refractivity contribution in [2.45, 2.75) is 25.6 Å². The summed E-state index contributed by atoms with van der Waals surface area (Å²) in [5.41, 5.74) is 0.252. The molecule has 1 aromatic rings. The molecule has 8 heteroatoms. The molecular formula is C15H17F5N2O. The van der Waals surface area contributed by atoms with E-state index in [9.17, 15) is 26.7 Å². The minimum atomic E-state index is -4.26. The van der Waals surface area contributed by atoms with Gasteiger partial charge in [-0.2, -0.15) is 13.2 Å². The molecule has 1 aliphatic rings. The van der Waals surface area contributed by atoms with Gasteiger partial charge in [0, 0.05) is 19.2 Å². The largest absolute Gasteiger partial charge is 0.393 e. The van der Waals surface area contributed by atoms with E-state index in [0.29, 0.717) is 13.0 Å². The van der Waals surface area contributed by atoms with Crippen molar-refractivity contribution in [3.63, 3.8) is 0 Å². The standard InChI is InChI=1S/C15H17F5N2O/c16-12-4-10(5-13(17)6-12)7-21-14(23)9-22-3-1-2-11(8-22)15(18,19)20/h4-6,11H,1-3,7-9H2,(H,21,23)/t11-/m1/s1. The second kappa shape index (κ2) is 7.25. The molecule has 128 valence electrons. The van der Waals surface area contributed by atoms with Crippen LogP contribution in [0.2, 0.25) is 0 Å². The molecule has 23 heavy (non-hydrogen) atoms. The number of likely N-dealkylation sites (tertiary alicyclic amines) is 1. The number of carbonyl (C=O) groups is 1. The molecule has 1 fully saturated rings. The SMILES string of the molecule is O=C(CN1CCC[C@@H](C(F)(F)F)C1)NCc1cc(F)cc(F)c1. The predicted octanol–water partition coefficient (Wildman–Crippen LogP) is 2.86. The Morgan fingerprint density at radius 2 is 1.87 bits per heavy atom. The highest BCUT2D eigenvalue weighted by Gasteiger charge is 2.41. The molecule has 3 nitrogen and oxygen atoms in total. The number of nitrogens with zero attached hydrogens (tertiary/aromatic N) is 1. The summed E-state index contributed by atoms with van der Waals surface area (Å²) in [6.07, 6.45) is -3.80. The molecule has 0 saturated carbocycles. The van der Waals surface area contributed by atoms with Crippen LogP contribution in [0.15, 0.2) is 18.2 Å². The smallest absolute Gasteiger partial charge is 0.351 e. The van der Waals surface area contributed by atoms with Crippen LogP contribution in [0.25, 0.3) is 0 Å². The summed E-state index contributed by atoms with van der Waals surface area (Å²) in [5, 5.41) is 2.46. The van der Waals surface area contributed by atoms with Gasteiger partial charge in [0.15, 0.2) is 0 Å². The van der Waals surface area contributed by atoms with Gasteiger partial charge >= 0.3 is 6.18 Å². The lowest BCUT2D eigenvalue weighted by molar-refractivity contribution is -0.187. The van der Waals surface area contributed by atoms with Gasteiger partial charge in [-0.3, -0.25) is 9.69 Å². The fraction of sp³-hybridized carbons (Fsp3) is 0.533. The second-order valence-electron chi connectivity index (χ2n) is 5.67. The Balaban J connectivity index is 1.82. The van der Waals surface area contributed by atoms with Crippen LogP contribution < -0.4 is 5.32 Å². The Labute approximate surface area is 130 Å². The van der Waals surface area contributed by atoms with E-state index in [1.54, 1.807) is 0 Å². The zero-order chi connectivity index (χ0) is 17.0. The van der Waals surface area contributed by atoms with Crippen molar-refractivity contribution in [1.29, 1.82) is 0 Å². The fourth-order valence-corrected chi connectivity index (χ4v) is 2.64. The van der Waals surface area contributed by atoms with Gasteiger partial charge < -0.3 is 5.32 Å². The lowest BCUT2D eigenvalue weighted by Crippen LogP contribution is -2.45. The van der Waals surface area contributed by atoms with Gasteiger partial charge in [0.05, 0.1) is 12.5 Å². The summed E-state index contributed by atoms with van der Waals surface area (Å²) in [7, 11) is 0. The van der Waals surface area contributed by atoms with Gasteiger partial charge in [-0.05, 0) is 37.1 Å². The highest BCUT2D eigenvalue weighted by atomic mass is 19.4. The van der Waals surface area contributed by atoms with Crippen molar-refractivity contribution in [2.75, 3.05) is 19.6 Å². The number of nitrogens with one attached hydrogen (secondary N) is 1. The first kappa shape index (κ1) is 17.7. The predicted molar refractivity (Wildman–Crippen MR) is 73.4 cm³/mol. The van der Waals surface area contributed by atoms with Crippen molar-refractivity contribution in [1.82, 2.24) is 10.2 Å². The van der Waals surface area contributed by atoms with Crippen molar-refractivity contribution >= 4 is 5.91 Å². The Kier molecular flexibility index (Phi) is 5.56. The number of rotatable bonds is 4. The highest BCUT2D eigenvalue weighted by Crippen LogP contribution is 2.32. The van der Waals surface area contributed by atoms with Crippen LogP contribution in [0.4, 0.5) is 22.0 Å². The molecule has 1 amide bonds. The monoisotopic (exact) mass is 336 g/mol. The third kappa shape index (κ3) is 5.46. The normalized spacial score (nSPS) is 19.6. The maximum Gasteiger partial charge on any atom is 0.393 e.